The molecule has 2 aromatic carbocycles. The Bertz CT molecular complexity index is 861. The first kappa shape index (κ1) is 20.9. The Morgan fingerprint density at radius 1 is 1.00 bits per heavy atom. The molecule has 4 heteroatoms. The predicted molar refractivity (Wildman–Crippen MR) is 125 cm³/mol. The van der Waals surface area contributed by atoms with Gasteiger partial charge in [-0.15, -0.1) is 0 Å². The lowest BCUT2D eigenvalue weighted by Crippen LogP contribution is -2.34. The normalized spacial score (nSPS) is 15.8. The molecular formula is C25H32N4. The van der Waals surface area contributed by atoms with Gasteiger partial charge in [-0.1, -0.05) is 61.9 Å². The highest BCUT2D eigenvalue weighted by atomic mass is 15.5. The van der Waals surface area contributed by atoms with E-state index in [1.807, 2.05) is 43.3 Å². The molecule has 1 fully saturated rings. The minimum absolute atomic E-state index is 0.530. The van der Waals surface area contributed by atoms with Gasteiger partial charge >= 0.3 is 0 Å². The lowest BCUT2D eigenvalue weighted by Gasteiger charge is -2.28. The van der Waals surface area contributed by atoms with E-state index in [9.17, 15) is 0 Å². The molecule has 0 unspecified atom stereocenters. The van der Waals surface area contributed by atoms with Crippen molar-refractivity contribution in [1.82, 2.24) is 5.01 Å². The maximum atomic E-state index is 8.71. The number of hydrogen-bond donors (Lipinski definition) is 3. The van der Waals surface area contributed by atoms with Gasteiger partial charge in [-0.25, -0.2) is 5.01 Å². The van der Waals surface area contributed by atoms with Crippen LogP contribution < -0.4 is 10.7 Å². The third-order valence-corrected chi connectivity index (χ3v) is 5.10. The molecule has 0 spiro atoms. The van der Waals surface area contributed by atoms with Crippen LogP contribution in [-0.4, -0.2) is 23.8 Å². The fourth-order valence-corrected chi connectivity index (χ4v) is 3.64. The summed E-state index contributed by atoms with van der Waals surface area (Å²) < 4.78 is 0. The molecule has 0 radical (unpaired) electrons. The zero-order valence-corrected chi connectivity index (χ0v) is 17.5. The summed E-state index contributed by atoms with van der Waals surface area (Å²) in [6.07, 6.45) is 8.89. The minimum atomic E-state index is 0.530. The average molecular weight is 389 g/mol. The van der Waals surface area contributed by atoms with Crippen molar-refractivity contribution in [2.75, 3.05) is 23.8 Å². The zero-order chi connectivity index (χ0) is 20.5. The lowest BCUT2D eigenvalue weighted by molar-refractivity contribution is 0.273. The summed E-state index contributed by atoms with van der Waals surface area (Å²) >= 11 is 0. The Morgan fingerprint density at radius 3 is 2.41 bits per heavy atom. The van der Waals surface area contributed by atoms with E-state index >= 15 is 0 Å². The van der Waals surface area contributed by atoms with Crippen LogP contribution >= 0.6 is 0 Å². The SMILES string of the molecule is C/C=C(C(=N)c1ccccc1)/C(=C\CC)Nc1cccc(NN2CCCCC2)c1. The number of hydrazine groups is 1. The van der Waals surface area contributed by atoms with Gasteiger partial charge in [0.1, 0.15) is 0 Å². The molecule has 1 aliphatic heterocycles. The Morgan fingerprint density at radius 2 is 1.72 bits per heavy atom. The highest BCUT2D eigenvalue weighted by Crippen LogP contribution is 2.23. The van der Waals surface area contributed by atoms with Crippen molar-refractivity contribution in [3.8, 4) is 0 Å². The molecule has 0 saturated carbocycles. The number of benzene rings is 2. The Labute approximate surface area is 174 Å². The van der Waals surface area contributed by atoms with Crippen LogP contribution in [0.15, 0.2) is 78.0 Å². The molecule has 4 nitrogen and oxygen atoms in total. The number of piperidine rings is 1. The van der Waals surface area contributed by atoms with Crippen molar-refractivity contribution >= 4 is 17.1 Å². The van der Waals surface area contributed by atoms with E-state index in [1.54, 1.807) is 0 Å². The molecule has 0 atom stereocenters. The van der Waals surface area contributed by atoms with Crippen LogP contribution in [0.1, 0.15) is 45.1 Å². The van der Waals surface area contributed by atoms with Gasteiger partial charge in [0.25, 0.3) is 0 Å². The van der Waals surface area contributed by atoms with E-state index < -0.39 is 0 Å². The first-order valence-corrected chi connectivity index (χ1v) is 10.6. The molecular weight excluding hydrogens is 356 g/mol. The Kier molecular flexibility index (Phi) is 7.65. The van der Waals surface area contributed by atoms with Gasteiger partial charge in [-0.3, -0.25) is 5.41 Å². The summed E-state index contributed by atoms with van der Waals surface area (Å²) in [5, 5.41) is 14.6. The van der Waals surface area contributed by atoms with Crippen molar-refractivity contribution in [1.29, 1.82) is 5.41 Å². The van der Waals surface area contributed by atoms with Crippen molar-refractivity contribution in [2.45, 2.75) is 39.5 Å². The molecule has 3 rings (SSSR count). The minimum Gasteiger partial charge on any atom is -0.355 e. The van der Waals surface area contributed by atoms with E-state index in [0.717, 1.165) is 47.7 Å². The van der Waals surface area contributed by atoms with Crippen molar-refractivity contribution in [2.24, 2.45) is 0 Å². The van der Waals surface area contributed by atoms with Crippen LogP contribution in [0.4, 0.5) is 11.4 Å². The molecule has 2 aromatic rings. The highest BCUT2D eigenvalue weighted by Gasteiger charge is 2.13. The Hall–Kier alpha value is -2.85. The van der Waals surface area contributed by atoms with Crippen LogP contribution in [0.2, 0.25) is 0 Å². The van der Waals surface area contributed by atoms with Gasteiger partial charge in [0.15, 0.2) is 0 Å². The van der Waals surface area contributed by atoms with Gasteiger partial charge in [0.05, 0.1) is 11.4 Å². The summed E-state index contributed by atoms with van der Waals surface area (Å²) in [5.74, 6) is 0. The monoisotopic (exact) mass is 388 g/mol. The summed E-state index contributed by atoms with van der Waals surface area (Å²) in [6.45, 7) is 6.30. The van der Waals surface area contributed by atoms with Gasteiger partial charge in [0, 0.05) is 35.6 Å². The number of nitrogens with one attached hydrogen (secondary N) is 3. The van der Waals surface area contributed by atoms with Crippen LogP contribution in [0.3, 0.4) is 0 Å². The molecule has 0 bridgehead atoms. The molecule has 0 aromatic heterocycles. The van der Waals surface area contributed by atoms with Gasteiger partial charge in [-0.2, -0.15) is 0 Å². The first-order chi connectivity index (χ1) is 14.2. The molecule has 0 aliphatic carbocycles. The zero-order valence-electron chi connectivity index (χ0n) is 17.5. The molecule has 1 heterocycles. The average Bonchev–Trinajstić information content (AvgIpc) is 2.76. The number of hydrogen-bond acceptors (Lipinski definition) is 4. The number of rotatable bonds is 8. The summed E-state index contributed by atoms with van der Waals surface area (Å²) in [7, 11) is 0. The molecule has 1 saturated heterocycles. The lowest BCUT2D eigenvalue weighted by atomic mass is 9.98. The summed E-state index contributed by atoms with van der Waals surface area (Å²) in [4.78, 5) is 0. The number of anilines is 2. The first-order valence-electron chi connectivity index (χ1n) is 10.6. The maximum Gasteiger partial charge on any atom is 0.0701 e. The van der Waals surface area contributed by atoms with Crippen LogP contribution in [0.5, 0.6) is 0 Å². The number of nitrogens with zero attached hydrogens (tertiary/aromatic N) is 1. The van der Waals surface area contributed by atoms with E-state index in [2.05, 4.69) is 53.0 Å². The summed E-state index contributed by atoms with van der Waals surface area (Å²) in [5.41, 5.74) is 8.98. The van der Waals surface area contributed by atoms with Crippen LogP contribution in [-0.2, 0) is 0 Å². The molecule has 29 heavy (non-hydrogen) atoms. The van der Waals surface area contributed by atoms with E-state index in [4.69, 9.17) is 5.41 Å². The second kappa shape index (κ2) is 10.6. The standard InChI is InChI=1S/C25H32N4/c1-3-12-24(23(4-2)25(26)20-13-7-5-8-14-20)27-21-15-11-16-22(19-21)28-29-17-9-6-10-18-29/h4-5,7-8,11-16,19,26-28H,3,6,9-10,17-18H2,1-2H3/b23-4-,24-12+,26-25?. The largest absolute Gasteiger partial charge is 0.355 e. The molecule has 152 valence electrons. The maximum absolute atomic E-state index is 8.71. The van der Waals surface area contributed by atoms with Gasteiger partial charge in [0.2, 0.25) is 0 Å². The van der Waals surface area contributed by atoms with Gasteiger partial charge in [-0.05, 0) is 44.4 Å². The fraction of sp³-hybridized carbons (Fsp3) is 0.320. The Balaban J connectivity index is 1.77. The molecule has 3 N–H and O–H groups in total. The van der Waals surface area contributed by atoms with Crippen LogP contribution in [0, 0.1) is 5.41 Å². The van der Waals surface area contributed by atoms with E-state index in [0.29, 0.717) is 5.71 Å². The van der Waals surface area contributed by atoms with Crippen molar-refractivity contribution < 1.29 is 0 Å². The van der Waals surface area contributed by atoms with Gasteiger partial charge < -0.3 is 10.7 Å². The highest BCUT2D eigenvalue weighted by molar-refractivity contribution is 6.13. The second-order valence-corrected chi connectivity index (χ2v) is 7.33. The molecule has 1 aliphatic rings. The smallest absolute Gasteiger partial charge is 0.0701 e. The van der Waals surface area contributed by atoms with Crippen molar-refractivity contribution in [3.05, 3.63) is 83.6 Å². The number of allylic oxidation sites excluding steroid dienone is 3. The fourth-order valence-electron chi connectivity index (χ4n) is 3.64. The van der Waals surface area contributed by atoms with E-state index in [-0.39, 0.29) is 0 Å². The third-order valence-electron chi connectivity index (χ3n) is 5.10. The van der Waals surface area contributed by atoms with Crippen LogP contribution in [0.25, 0.3) is 0 Å². The molecule has 0 amide bonds. The third kappa shape index (κ3) is 5.81. The predicted octanol–water partition coefficient (Wildman–Crippen LogP) is 6.22. The van der Waals surface area contributed by atoms with E-state index in [1.165, 1.54) is 19.3 Å². The topological polar surface area (TPSA) is 51.2 Å². The second-order valence-electron chi connectivity index (χ2n) is 7.33. The van der Waals surface area contributed by atoms with Crippen molar-refractivity contribution in [3.63, 3.8) is 0 Å². The summed E-state index contributed by atoms with van der Waals surface area (Å²) in [6, 6.07) is 18.3. The quantitative estimate of drug-likeness (QED) is 0.372.